The summed E-state index contributed by atoms with van der Waals surface area (Å²) in [6, 6.07) is 15.0. The smallest absolute Gasteiger partial charge is 0.291 e. The first-order valence-corrected chi connectivity index (χ1v) is 7.67. The van der Waals surface area contributed by atoms with Crippen LogP contribution < -0.4 is 4.74 Å². The molecule has 1 aliphatic rings. The number of nitrogens with zero attached hydrogens (tertiary/aromatic N) is 1. The van der Waals surface area contributed by atoms with Crippen molar-refractivity contribution in [1.29, 1.82) is 0 Å². The zero-order valence-corrected chi connectivity index (χ0v) is 12.2. The van der Waals surface area contributed by atoms with E-state index in [1.807, 2.05) is 54.8 Å². The predicted molar refractivity (Wildman–Crippen MR) is 83.0 cm³/mol. The quantitative estimate of drug-likeness (QED) is 0.485. The van der Waals surface area contributed by atoms with E-state index in [0.717, 1.165) is 16.0 Å². The zero-order valence-electron chi connectivity index (χ0n) is 11.4. The Balaban J connectivity index is 2.03. The molecule has 106 valence electrons. The Hall–Kier alpha value is -2.27. The summed E-state index contributed by atoms with van der Waals surface area (Å²) < 4.78 is 5.85. The number of benzene rings is 2. The molecule has 1 heterocycles. The molecule has 1 aliphatic heterocycles. The van der Waals surface area contributed by atoms with E-state index in [1.54, 1.807) is 17.8 Å². The van der Waals surface area contributed by atoms with Gasteiger partial charge in [0, 0.05) is 22.1 Å². The van der Waals surface area contributed by atoms with Gasteiger partial charge in [0.1, 0.15) is 5.75 Å². The van der Waals surface area contributed by atoms with E-state index in [2.05, 4.69) is 0 Å². The Kier molecular flexibility index (Phi) is 3.66. The average Bonchev–Trinajstić information content (AvgIpc) is 2.53. The van der Waals surface area contributed by atoms with E-state index in [1.165, 1.54) is 0 Å². The van der Waals surface area contributed by atoms with Gasteiger partial charge in [-0.15, -0.1) is 11.8 Å². The standard InChI is InChI=1S/C16H13NO3S/c1-21-13-8-6-11(7-9-13)16-14(17(18)19)10-12-4-2-3-5-15(12)20-16/h2-10,16H,1H3/t16-/m1/s1. The Morgan fingerprint density at radius 2 is 1.86 bits per heavy atom. The molecule has 2 aromatic carbocycles. The molecule has 0 amide bonds. The lowest BCUT2D eigenvalue weighted by molar-refractivity contribution is -0.434. The Labute approximate surface area is 126 Å². The van der Waals surface area contributed by atoms with Gasteiger partial charge in [-0.2, -0.15) is 0 Å². The van der Waals surface area contributed by atoms with Gasteiger partial charge in [0.15, 0.2) is 0 Å². The highest BCUT2D eigenvalue weighted by molar-refractivity contribution is 7.98. The SMILES string of the molecule is CSc1ccc([C@H]2Oc3ccccc3C=C2[N+](=O)[O-])cc1. The van der Waals surface area contributed by atoms with Crippen LogP contribution in [0.4, 0.5) is 0 Å². The highest BCUT2D eigenvalue weighted by Gasteiger charge is 2.32. The number of rotatable bonds is 3. The van der Waals surface area contributed by atoms with Gasteiger partial charge in [-0.3, -0.25) is 10.1 Å². The minimum atomic E-state index is -0.675. The Bertz CT molecular complexity index is 710. The third-order valence-electron chi connectivity index (χ3n) is 3.37. The van der Waals surface area contributed by atoms with E-state index in [4.69, 9.17) is 4.74 Å². The van der Waals surface area contributed by atoms with Crippen molar-refractivity contribution in [2.45, 2.75) is 11.0 Å². The fraction of sp³-hybridized carbons (Fsp3) is 0.125. The molecule has 0 fully saturated rings. The molecule has 1 atom stereocenters. The summed E-state index contributed by atoms with van der Waals surface area (Å²) >= 11 is 1.63. The van der Waals surface area contributed by atoms with Crippen molar-refractivity contribution in [3.05, 3.63) is 75.5 Å². The summed E-state index contributed by atoms with van der Waals surface area (Å²) in [5, 5.41) is 11.3. The highest BCUT2D eigenvalue weighted by atomic mass is 32.2. The second-order valence-corrected chi connectivity index (χ2v) is 5.51. The number of para-hydroxylation sites is 1. The first-order valence-electron chi connectivity index (χ1n) is 6.44. The van der Waals surface area contributed by atoms with Crippen LogP contribution in [0.1, 0.15) is 17.2 Å². The second kappa shape index (κ2) is 5.61. The third kappa shape index (κ3) is 2.64. The molecule has 21 heavy (non-hydrogen) atoms. The molecule has 0 spiro atoms. The van der Waals surface area contributed by atoms with Crippen LogP contribution in [0.3, 0.4) is 0 Å². The van der Waals surface area contributed by atoms with Gasteiger partial charge in [-0.25, -0.2) is 0 Å². The molecule has 5 heteroatoms. The molecule has 0 N–H and O–H groups in total. The molecule has 0 bridgehead atoms. The first-order chi connectivity index (χ1) is 10.2. The fourth-order valence-corrected chi connectivity index (χ4v) is 2.70. The summed E-state index contributed by atoms with van der Waals surface area (Å²) in [4.78, 5) is 12.1. The largest absolute Gasteiger partial charge is 0.474 e. The number of thioether (sulfide) groups is 1. The van der Waals surface area contributed by atoms with Crippen LogP contribution >= 0.6 is 11.8 Å². The summed E-state index contributed by atoms with van der Waals surface area (Å²) in [5.41, 5.74) is 1.58. The number of hydrogen-bond donors (Lipinski definition) is 0. The van der Waals surface area contributed by atoms with E-state index >= 15 is 0 Å². The van der Waals surface area contributed by atoms with Gasteiger partial charge >= 0.3 is 0 Å². The van der Waals surface area contributed by atoms with E-state index in [0.29, 0.717) is 5.75 Å². The summed E-state index contributed by atoms with van der Waals surface area (Å²) in [7, 11) is 0. The van der Waals surface area contributed by atoms with Crippen molar-refractivity contribution >= 4 is 17.8 Å². The van der Waals surface area contributed by atoms with Crippen LogP contribution in [0.25, 0.3) is 6.08 Å². The summed E-state index contributed by atoms with van der Waals surface area (Å²) in [6.45, 7) is 0. The van der Waals surface area contributed by atoms with Gasteiger partial charge in [0.2, 0.25) is 6.10 Å². The normalized spacial score (nSPS) is 16.6. The number of nitro groups is 1. The second-order valence-electron chi connectivity index (χ2n) is 4.64. The zero-order chi connectivity index (χ0) is 14.8. The van der Waals surface area contributed by atoms with E-state index in [9.17, 15) is 10.1 Å². The first kappa shape index (κ1) is 13.7. The molecule has 0 aromatic heterocycles. The molecule has 0 saturated carbocycles. The monoisotopic (exact) mass is 299 g/mol. The van der Waals surface area contributed by atoms with Gasteiger partial charge < -0.3 is 4.74 Å². The molecule has 2 aromatic rings. The molecule has 4 nitrogen and oxygen atoms in total. The van der Waals surface area contributed by atoms with Crippen LogP contribution in [0, 0.1) is 10.1 Å². The molecule has 0 aliphatic carbocycles. The number of ether oxygens (including phenoxy) is 1. The summed E-state index contributed by atoms with van der Waals surface area (Å²) in [5.74, 6) is 0.669. The van der Waals surface area contributed by atoms with Crippen molar-refractivity contribution in [3.63, 3.8) is 0 Å². The molecular formula is C16H13NO3S. The van der Waals surface area contributed by atoms with Crippen molar-refractivity contribution in [1.82, 2.24) is 0 Å². The lowest BCUT2D eigenvalue weighted by Gasteiger charge is -2.22. The Morgan fingerprint density at radius 1 is 1.14 bits per heavy atom. The number of hydrogen-bond acceptors (Lipinski definition) is 4. The van der Waals surface area contributed by atoms with E-state index in [-0.39, 0.29) is 10.6 Å². The van der Waals surface area contributed by atoms with Crippen LogP contribution in [0.5, 0.6) is 5.75 Å². The topological polar surface area (TPSA) is 52.4 Å². The fourth-order valence-electron chi connectivity index (χ4n) is 2.30. The van der Waals surface area contributed by atoms with Gasteiger partial charge in [0.25, 0.3) is 5.70 Å². The maximum atomic E-state index is 11.3. The van der Waals surface area contributed by atoms with Gasteiger partial charge in [0.05, 0.1) is 4.92 Å². The van der Waals surface area contributed by atoms with Gasteiger partial charge in [-0.1, -0.05) is 30.3 Å². The third-order valence-corrected chi connectivity index (χ3v) is 4.11. The summed E-state index contributed by atoms with van der Waals surface area (Å²) in [6.07, 6.45) is 2.90. The highest BCUT2D eigenvalue weighted by Crippen LogP contribution is 2.37. The molecule has 3 rings (SSSR count). The number of fused-ring (bicyclic) bond motifs is 1. The van der Waals surface area contributed by atoms with Crippen molar-refractivity contribution in [2.24, 2.45) is 0 Å². The Morgan fingerprint density at radius 3 is 2.52 bits per heavy atom. The van der Waals surface area contributed by atoms with E-state index < -0.39 is 6.10 Å². The maximum absolute atomic E-state index is 11.3. The predicted octanol–water partition coefficient (Wildman–Crippen LogP) is 4.16. The minimum Gasteiger partial charge on any atom is -0.474 e. The molecule has 0 radical (unpaired) electrons. The van der Waals surface area contributed by atoms with Crippen LogP contribution in [0.15, 0.2) is 59.1 Å². The van der Waals surface area contributed by atoms with Crippen LogP contribution in [-0.2, 0) is 0 Å². The molecule has 0 unspecified atom stereocenters. The molecular weight excluding hydrogens is 286 g/mol. The van der Waals surface area contributed by atoms with Crippen molar-refractivity contribution in [2.75, 3.05) is 6.26 Å². The lowest BCUT2D eigenvalue weighted by atomic mass is 10.0. The van der Waals surface area contributed by atoms with Crippen LogP contribution in [0.2, 0.25) is 0 Å². The van der Waals surface area contributed by atoms with Crippen molar-refractivity contribution in [3.8, 4) is 5.75 Å². The van der Waals surface area contributed by atoms with Crippen molar-refractivity contribution < 1.29 is 9.66 Å². The minimum absolute atomic E-state index is 0.0607. The average molecular weight is 299 g/mol. The maximum Gasteiger partial charge on any atom is 0.291 e. The van der Waals surface area contributed by atoms with Crippen LogP contribution in [-0.4, -0.2) is 11.2 Å². The lowest BCUT2D eigenvalue weighted by Crippen LogP contribution is -2.19. The molecule has 0 saturated heterocycles. The van der Waals surface area contributed by atoms with Gasteiger partial charge in [-0.05, 0) is 24.5 Å².